The van der Waals surface area contributed by atoms with Gasteiger partial charge in [-0.25, -0.2) is 0 Å². The highest BCUT2D eigenvalue weighted by Crippen LogP contribution is 2.24. The van der Waals surface area contributed by atoms with Gasteiger partial charge in [-0.05, 0) is 53.3 Å². The van der Waals surface area contributed by atoms with Gasteiger partial charge in [-0.3, -0.25) is 4.79 Å². The molecule has 3 nitrogen and oxygen atoms in total. The molecule has 2 rings (SSSR count). The number of amides is 1. The van der Waals surface area contributed by atoms with E-state index in [9.17, 15) is 4.79 Å². The van der Waals surface area contributed by atoms with Gasteiger partial charge in [0.1, 0.15) is 0 Å². The number of aliphatic hydroxyl groups excluding tert-OH is 1. The summed E-state index contributed by atoms with van der Waals surface area (Å²) in [5, 5.41) is 16.2. The van der Waals surface area contributed by atoms with Crippen LogP contribution in [0.25, 0.3) is 0 Å². The van der Waals surface area contributed by atoms with Gasteiger partial charge < -0.3 is 10.4 Å². The molecule has 1 aromatic carbocycles. The maximum atomic E-state index is 11.9. The van der Waals surface area contributed by atoms with Gasteiger partial charge in [0.15, 0.2) is 0 Å². The van der Waals surface area contributed by atoms with Gasteiger partial charge in [0.05, 0.1) is 0 Å². The lowest BCUT2D eigenvalue weighted by molar-refractivity contribution is 0.0952. The average Bonchev–Trinajstić information content (AvgIpc) is 3.01. The van der Waals surface area contributed by atoms with Gasteiger partial charge in [0.25, 0.3) is 5.91 Å². The molecule has 0 bridgehead atoms. The van der Waals surface area contributed by atoms with Crippen molar-refractivity contribution in [1.29, 1.82) is 0 Å². The number of aliphatic hydroxyl groups is 1. The van der Waals surface area contributed by atoms with E-state index in [-0.39, 0.29) is 12.5 Å². The predicted molar refractivity (Wildman–Crippen MR) is 82.2 cm³/mol. The molecule has 0 radical (unpaired) electrons. The van der Waals surface area contributed by atoms with E-state index in [1.807, 2.05) is 23.6 Å². The maximum Gasteiger partial charge on any atom is 0.251 e. The first-order valence-electron chi connectivity index (χ1n) is 6.77. The van der Waals surface area contributed by atoms with Crippen LogP contribution < -0.4 is 5.32 Å². The van der Waals surface area contributed by atoms with E-state index in [1.165, 1.54) is 5.56 Å². The Morgan fingerprint density at radius 2 is 2.00 bits per heavy atom. The number of rotatable bonds is 7. The fraction of sp³-hybridized carbons (Fsp3) is 0.312. The minimum absolute atomic E-state index is 0.0429. The average molecular weight is 289 g/mol. The van der Waals surface area contributed by atoms with Crippen LogP contribution in [-0.2, 0) is 0 Å². The number of hydrogen-bond acceptors (Lipinski definition) is 3. The normalized spacial score (nSPS) is 12.1. The number of hydrogen-bond donors (Lipinski definition) is 2. The Bertz CT molecular complexity index is 511. The minimum Gasteiger partial charge on any atom is -0.396 e. The smallest absolute Gasteiger partial charge is 0.251 e. The summed E-state index contributed by atoms with van der Waals surface area (Å²) in [4.78, 5) is 11.9. The van der Waals surface area contributed by atoms with Crippen LogP contribution in [0.15, 0.2) is 47.2 Å². The van der Waals surface area contributed by atoms with Gasteiger partial charge in [0, 0.05) is 18.7 Å². The summed E-state index contributed by atoms with van der Waals surface area (Å²) in [5.41, 5.74) is 1.93. The first kappa shape index (κ1) is 14.8. The van der Waals surface area contributed by atoms with Crippen LogP contribution in [0.4, 0.5) is 0 Å². The van der Waals surface area contributed by atoms with E-state index < -0.39 is 0 Å². The Hall–Kier alpha value is -1.65. The Morgan fingerprint density at radius 3 is 2.65 bits per heavy atom. The Kier molecular flexibility index (Phi) is 5.77. The van der Waals surface area contributed by atoms with E-state index in [0.29, 0.717) is 18.0 Å². The van der Waals surface area contributed by atoms with Crippen LogP contribution in [-0.4, -0.2) is 24.2 Å². The predicted octanol–water partition coefficient (Wildman–Crippen LogP) is 3.03. The molecule has 0 aliphatic carbocycles. The number of carbonyl (C=O) groups is 1. The summed E-state index contributed by atoms with van der Waals surface area (Å²) >= 11 is 1.66. The molecule has 1 amide bonds. The molecule has 2 N–H and O–H groups in total. The largest absolute Gasteiger partial charge is 0.396 e. The van der Waals surface area contributed by atoms with Crippen molar-refractivity contribution in [3.63, 3.8) is 0 Å². The SMILES string of the molecule is O=C(NCCC(CCO)c1ccsc1)c1ccccc1. The molecule has 0 saturated heterocycles. The van der Waals surface area contributed by atoms with Crippen LogP contribution in [0.1, 0.15) is 34.7 Å². The second-order valence-corrected chi connectivity index (χ2v) is 5.46. The zero-order chi connectivity index (χ0) is 14.2. The van der Waals surface area contributed by atoms with Crippen molar-refractivity contribution in [2.75, 3.05) is 13.2 Å². The second-order valence-electron chi connectivity index (χ2n) is 4.68. The number of benzene rings is 1. The molecule has 0 spiro atoms. The molecule has 0 aliphatic heterocycles. The summed E-state index contributed by atoms with van der Waals surface area (Å²) in [7, 11) is 0. The van der Waals surface area contributed by atoms with Gasteiger partial charge in [-0.15, -0.1) is 0 Å². The molecule has 0 aliphatic rings. The van der Waals surface area contributed by atoms with Gasteiger partial charge in [-0.1, -0.05) is 18.2 Å². The molecule has 1 heterocycles. The van der Waals surface area contributed by atoms with Crippen LogP contribution in [0.2, 0.25) is 0 Å². The Labute approximate surface area is 123 Å². The quantitative estimate of drug-likeness (QED) is 0.823. The molecule has 20 heavy (non-hydrogen) atoms. The van der Waals surface area contributed by atoms with E-state index in [0.717, 1.165) is 12.8 Å². The van der Waals surface area contributed by atoms with Crippen molar-refractivity contribution < 1.29 is 9.90 Å². The molecule has 0 fully saturated rings. The van der Waals surface area contributed by atoms with E-state index >= 15 is 0 Å². The third-order valence-electron chi connectivity index (χ3n) is 3.31. The van der Waals surface area contributed by atoms with E-state index in [1.54, 1.807) is 23.5 Å². The molecule has 0 saturated carbocycles. The van der Waals surface area contributed by atoms with Crippen molar-refractivity contribution in [2.24, 2.45) is 0 Å². The summed E-state index contributed by atoms with van der Waals surface area (Å²) in [6.45, 7) is 0.793. The van der Waals surface area contributed by atoms with Crippen molar-refractivity contribution in [3.8, 4) is 0 Å². The maximum absolute atomic E-state index is 11.9. The van der Waals surface area contributed by atoms with Crippen molar-refractivity contribution >= 4 is 17.2 Å². The molecule has 1 unspecified atom stereocenters. The fourth-order valence-electron chi connectivity index (χ4n) is 2.19. The van der Waals surface area contributed by atoms with Gasteiger partial charge >= 0.3 is 0 Å². The third-order valence-corrected chi connectivity index (χ3v) is 4.01. The van der Waals surface area contributed by atoms with E-state index in [2.05, 4.69) is 16.8 Å². The molecular formula is C16H19NO2S. The summed E-state index contributed by atoms with van der Waals surface area (Å²) in [5.74, 6) is 0.265. The lowest BCUT2D eigenvalue weighted by Gasteiger charge is -2.15. The molecule has 106 valence electrons. The first-order valence-corrected chi connectivity index (χ1v) is 7.71. The number of carbonyl (C=O) groups excluding carboxylic acids is 1. The van der Waals surface area contributed by atoms with Crippen LogP contribution in [0.5, 0.6) is 0 Å². The molecule has 4 heteroatoms. The lowest BCUT2D eigenvalue weighted by Crippen LogP contribution is -2.25. The number of nitrogens with one attached hydrogen (secondary N) is 1. The lowest BCUT2D eigenvalue weighted by atomic mass is 9.95. The van der Waals surface area contributed by atoms with Crippen molar-refractivity contribution in [1.82, 2.24) is 5.32 Å². The monoisotopic (exact) mass is 289 g/mol. The van der Waals surface area contributed by atoms with Crippen molar-refractivity contribution in [3.05, 3.63) is 58.3 Å². The minimum atomic E-state index is -0.0429. The molecular weight excluding hydrogens is 270 g/mol. The molecule has 1 aromatic heterocycles. The fourth-order valence-corrected chi connectivity index (χ4v) is 2.93. The summed E-state index contributed by atoms with van der Waals surface area (Å²) in [6, 6.07) is 11.3. The molecule has 2 aromatic rings. The highest BCUT2D eigenvalue weighted by atomic mass is 32.1. The van der Waals surface area contributed by atoms with Crippen LogP contribution in [0.3, 0.4) is 0 Å². The summed E-state index contributed by atoms with van der Waals surface area (Å²) < 4.78 is 0. The first-order chi connectivity index (χ1) is 9.81. The zero-order valence-electron chi connectivity index (χ0n) is 11.3. The van der Waals surface area contributed by atoms with Gasteiger partial charge in [0.2, 0.25) is 0 Å². The Morgan fingerprint density at radius 1 is 1.20 bits per heavy atom. The third kappa shape index (κ3) is 4.18. The standard InChI is InChI=1S/C16H19NO2S/c18-10-7-13(15-8-11-20-12-15)6-9-17-16(19)14-4-2-1-3-5-14/h1-5,8,11-13,18H,6-7,9-10H2,(H,17,19). The summed E-state index contributed by atoms with van der Waals surface area (Å²) in [6.07, 6.45) is 1.58. The second kappa shape index (κ2) is 7.82. The topological polar surface area (TPSA) is 49.3 Å². The highest BCUT2D eigenvalue weighted by molar-refractivity contribution is 7.07. The number of thiophene rings is 1. The molecule has 1 atom stereocenters. The highest BCUT2D eigenvalue weighted by Gasteiger charge is 2.12. The zero-order valence-corrected chi connectivity index (χ0v) is 12.1. The van der Waals surface area contributed by atoms with E-state index in [4.69, 9.17) is 5.11 Å². The van der Waals surface area contributed by atoms with Gasteiger partial charge in [-0.2, -0.15) is 11.3 Å². The Balaban J connectivity index is 1.83. The van der Waals surface area contributed by atoms with Crippen LogP contribution in [0, 0.1) is 0 Å². The van der Waals surface area contributed by atoms with Crippen LogP contribution >= 0.6 is 11.3 Å². The van der Waals surface area contributed by atoms with Crippen molar-refractivity contribution in [2.45, 2.75) is 18.8 Å².